The first kappa shape index (κ1) is 19.9. The van der Waals surface area contributed by atoms with Crippen LogP contribution in [-0.4, -0.2) is 82.9 Å². The van der Waals surface area contributed by atoms with Crippen molar-refractivity contribution in [2.45, 2.75) is 13.1 Å². The van der Waals surface area contributed by atoms with Gasteiger partial charge in [-0.25, -0.2) is 4.68 Å². The molecular formula is C16H34N10+2. The Labute approximate surface area is 155 Å². The Morgan fingerprint density at radius 1 is 0.846 bits per heavy atom. The van der Waals surface area contributed by atoms with Crippen LogP contribution in [-0.2, 0) is 13.1 Å². The van der Waals surface area contributed by atoms with E-state index in [1.807, 2.05) is 4.68 Å². The van der Waals surface area contributed by atoms with Gasteiger partial charge in [-0.15, -0.1) is 0 Å². The Morgan fingerprint density at radius 3 is 1.88 bits per heavy atom. The number of likely N-dealkylation sites (N-methyl/N-ethyl adjacent to an activating group) is 2. The summed E-state index contributed by atoms with van der Waals surface area (Å²) in [5.41, 5.74) is 24.2. The summed E-state index contributed by atoms with van der Waals surface area (Å²) in [7, 11) is 8.89. The Bertz CT molecular complexity index is 708. The topological polar surface area (TPSA) is 140 Å². The van der Waals surface area contributed by atoms with Gasteiger partial charge in [0.2, 0.25) is 0 Å². The van der Waals surface area contributed by atoms with Crippen molar-refractivity contribution >= 4 is 23.0 Å². The highest BCUT2D eigenvalue weighted by molar-refractivity contribution is 5.57. The zero-order chi connectivity index (χ0) is 19.5. The third kappa shape index (κ3) is 5.27. The van der Waals surface area contributed by atoms with Crippen LogP contribution in [0.2, 0.25) is 0 Å². The van der Waals surface area contributed by atoms with Gasteiger partial charge in [0.25, 0.3) is 0 Å². The molecule has 0 aliphatic rings. The fourth-order valence-corrected chi connectivity index (χ4v) is 2.66. The second kappa shape index (κ2) is 7.42. The van der Waals surface area contributed by atoms with Crippen LogP contribution in [0.15, 0.2) is 12.4 Å². The van der Waals surface area contributed by atoms with Gasteiger partial charge in [-0.1, -0.05) is 0 Å². The van der Waals surface area contributed by atoms with Gasteiger partial charge < -0.3 is 31.9 Å². The highest BCUT2D eigenvalue weighted by Gasteiger charge is 2.23. The van der Waals surface area contributed by atoms with E-state index in [1.165, 1.54) is 0 Å². The number of nitrogen functional groups attached to an aromatic ring is 4. The van der Waals surface area contributed by atoms with Crippen molar-refractivity contribution in [3.05, 3.63) is 12.4 Å². The highest BCUT2D eigenvalue weighted by atomic mass is 15.4. The fraction of sp³-hybridized carbons (Fsp3) is 0.625. The Kier molecular flexibility index (Phi) is 5.67. The van der Waals surface area contributed by atoms with E-state index >= 15 is 0 Å². The molecule has 8 N–H and O–H groups in total. The van der Waals surface area contributed by atoms with Gasteiger partial charge in [0, 0.05) is 0 Å². The number of hydrogen-bond donors (Lipinski definition) is 4. The van der Waals surface area contributed by atoms with Crippen LogP contribution >= 0.6 is 0 Å². The predicted octanol–water partition coefficient (Wildman–Crippen LogP) is -0.739. The average molecular weight is 367 g/mol. The average Bonchev–Trinajstić information content (AvgIpc) is 3.05. The number of anilines is 4. The molecule has 0 atom stereocenters. The number of aromatic nitrogens is 4. The zero-order valence-electron chi connectivity index (χ0n) is 16.4. The van der Waals surface area contributed by atoms with Crippen LogP contribution in [0.25, 0.3) is 0 Å². The first-order chi connectivity index (χ1) is 12.0. The van der Waals surface area contributed by atoms with Crippen LogP contribution < -0.4 is 22.9 Å². The first-order valence-corrected chi connectivity index (χ1v) is 8.78. The quantitative estimate of drug-likeness (QED) is 0.431. The molecule has 0 radical (unpaired) electrons. The van der Waals surface area contributed by atoms with E-state index in [0.29, 0.717) is 23.0 Å². The smallest absolute Gasteiger partial charge is 0.168 e. The molecule has 2 rings (SSSR count). The van der Waals surface area contributed by atoms with E-state index < -0.39 is 0 Å². The van der Waals surface area contributed by atoms with Gasteiger partial charge >= 0.3 is 0 Å². The molecule has 0 bridgehead atoms. The van der Waals surface area contributed by atoms with E-state index in [1.54, 1.807) is 17.1 Å². The van der Waals surface area contributed by atoms with Crippen molar-refractivity contribution in [1.29, 1.82) is 0 Å². The van der Waals surface area contributed by atoms with Gasteiger partial charge in [0.05, 0.1) is 78.1 Å². The lowest BCUT2D eigenvalue weighted by Gasteiger charge is -2.35. The van der Waals surface area contributed by atoms with Crippen molar-refractivity contribution in [3.63, 3.8) is 0 Å². The van der Waals surface area contributed by atoms with E-state index in [4.69, 9.17) is 22.9 Å². The maximum atomic E-state index is 5.92. The molecule has 0 fully saturated rings. The van der Waals surface area contributed by atoms with Gasteiger partial charge in [0.1, 0.15) is 18.9 Å². The summed E-state index contributed by atoms with van der Waals surface area (Å²) in [5, 5.41) is 8.44. The molecule has 0 spiro atoms. The molecule has 0 aliphatic carbocycles. The second-order valence-electron chi connectivity index (χ2n) is 8.21. The predicted molar refractivity (Wildman–Crippen MR) is 106 cm³/mol. The SMILES string of the molecule is C[N+](C)(CCn1cc(N)c(N)n1)CC[N+](C)(C)CCn1ncc(N)c1N. The molecule has 0 amide bonds. The first-order valence-electron chi connectivity index (χ1n) is 8.78. The molecule has 146 valence electrons. The lowest BCUT2D eigenvalue weighted by Crippen LogP contribution is -2.52. The second-order valence-corrected chi connectivity index (χ2v) is 8.21. The summed E-state index contributed by atoms with van der Waals surface area (Å²) in [5.74, 6) is 0.936. The summed E-state index contributed by atoms with van der Waals surface area (Å²) in [6.45, 7) is 5.48. The fourth-order valence-electron chi connectivity index (χ4n) is 2.66. The number of nitrogens with zero attached hydrogens (tertiary/aromatic N) is 6. The lowest BCUT2D eigenvalue weighted by atomic mass is 10.3. The monoisotopic (exact) mass is 366 g/mol. The highest BCUT2D eigenvalue weighted by Crippen LogP contribution is 2.13. The third-order valence-corrected chi connectivity index (χ3v) is 4.89. The number of nitrogens with two attached hydrogens (primary N) is 4. The van der Waals surface area contributed by atoms with Crippen LogP contribution in [0.3, 0.4) is 0 Å². The minimum atomic E-state index is 0.395. The third-order valence-electron chi connectivity index (χ3n) is 4.89. The number of rotatable bonds is 9. The molecule has 0 aromatic carbocycles. The maximum Gasteiger partial charge on any atom is 0.168 e. The van der Waals surface area contributed by atoms with Crippen LogP contribution in [0.5, 0.6) is 0 Å². The van der Waals surface area contributed by atoms with Gasteiger partial charge in [-0.2, -0.15) is 10.2 Å². The number of quaternary nitrogens is 2. The summed E-state index contributed by atoms with van der Waals surface area (Å²) >= 11 is 0. The van der Waals surface area contributed by atoms with Gasteiger partial charge in [-0.05, 0) is 0 Å². The standard InChI is InChI=1S/C16H34N10/c1-25(2,7-5-23-12-14(18)15(19)22-23)9-10-26(3,4)8-6-24-16(20)13(17)11-21-24/h11-12H,5-10,17-18,20H2,1-4H3,(H2,19,22)/q+2. The molecule has 26 heavy (non-hydrogen) atoms. The molecule has 2 aromatic rings. The van der Waals surface area contributed by atoms with E-state index in [0.717, 1.165) is 48.2 Å². The Balaban J connectivity index is 1.81. The Morgan fingerprint density at radius 2 is 1.42 bits per heavy atom. The molecule has 2 heterocycles. The summed E-state index contributed by atoms with van der Waals surface area (Å²) in [6, 6.07) is 0. The number of hydrogen-bond acceptors (Lipinski definition) is 6. The molecule has 0 saturated carbocycles. The molecule has 10 nitrogen and oxygen atoms in total. The maximum absolute atomic E-state index is 5.92. The van der Waals surface area contributed by atoms with E-state index in [-0.39, 0.29) is 0 Å². The largest absolute Gasteiger partial charge is 0.394 e. The van der Waals surface area contributed by atoms with Crippen molar-refractivity contribution in [1.82, 2.24) is 19.6 Å². The zero-order valence-corrected chi connectivity index (χ0v) is 16.4. The van der Waals surface area contributed by atoms with E-state index in [9.17, 15) is 0 Å². The molecule has 2 aromatic heterocycles. The van der Waals surface area contributed by atoms with Gasteiger partial charge in [0.15, 0.2) is 5.82 Å². The Hall–Kier alpha value is -2.46. The summed E-state index contributed by atoms with van der Waals surface area (Å²) < 4.78 is 5.35. The molecule has 0 unspecified atom stereocenters. The van der Waals surface area contributed by atoms with Crippen molar-refractivity contribution in [2.24, 2.45) is 0 Å². The molecule has 10 heteroatoms. The van der Waals surface area contributed by atoms with Crippen molar-refractivity contribution < 1.29 is 8.97 Å². The van der Waals surface area contributed by atoms with Gasteiger partial charge in [-0.3, -0.25) is 4.68 Å². The molecule has 0 saturated heterocycles. The van der Waals surface area contributed by atoms with Crippen LogP contribution in [0, 0.1) is 0 Å². The normalized spacial score (nSPS) is 12.6. The molecular weight excluding hydrogens is 332 g/mol. The van der Waals surface area contributed by atoms with E-state index in [2.05, 4.69) is 38.4 Å². The van der Waals surface area contributed by atoms with Crippen molar-refractivity contribution in [3.8, 4) is 0 Å². The summed E-state index contributed by atoms with van der Waals surface area (Å²) in [6.07, 6.45) is 3.39. The van der Waals surface area contributed by atoms with Crippen LogP contribution in [0.1, 0.15) is 0 Å². The van der Waals surface area contributed by atoms with Crippen LogP contribution in [0.4, 0.5) is 23.0 Å². The van der Waals surface area contributed by atoms with Crippen molar-refractivity contribution in [2.75, 3.05) is 77.3 Å². The summed E-state index contributed by atoms with van der Waals surface area (Å²) in [4.78, 5) is 0. The molecule has 0 aliphatic heterocycles. The minimum Gasteiger partial charge on any atom is -0.394 e. The lowest BCUT2D eigenvalue weighted by molar-refractivity contribution is -0.946. The minimum absolute atomic E-state index is 0.395.